The summed E-state index contributed by atoms with van der Waals surface area (Å²) in [5.41, 5.74) is 8.90. The third-order valence-corrected chi connectivity index (χ3v) is 2.46. The van der Waals surface area contributed by atoms with Crippen molar-refractivity contribution in [1.29, 1.82) is 0 Å². The Balaban J connectivity index is 3.07. The normalized spacial score (nSPS) is 15.5. The van der Waals surface area contributed by atoms with Crippen molar-refractivity contribution < 1.29 is 5.11 Å². The molecule has 1 aromatic rings. The predicted molar refractivity (Wildman–Crippen MR) is 54.5 cm³/mol. The van der Waals surface area contributed by atoms with E-state index >= 15 is 0 Å². The molecular weight excluding hydrogens is 162 g/mol. The van der Waals surface area contributed by atoms with Gasteiger partial charge in [-0.05, 0) is 37.5 Å². The Morgan fingerprint density at radius 3 is 2.46 bits per heavy atom. The molecule has 0 aliphatic carbocycles. The van der Waals surface area contributed by atoms with Gasteiger partial charge in [-0.25, -0.2) is 0 Å². The van der Waals surface area contributed by atoms with Crippen LogP contribution in [-0.2, 0) is 0 Å². The van der Waals surface area contributed by atoms with Crippen molar-refractivity contribution in [2.45, 2.75) is 32.9 Å². The van der Waals surface area contributed by atoms with Crippen LogP contribution in [0.1, 0.15) is 29.7 Å². The van der Waals surface area contributed by atoms with E-state index in [0.29, 0.717) is 0 Å². The van der Waals surface area contributed by atoms with E-state index in [1.165, 1.54) is 5.56 Å². The van der Waals surface area contributed by atoms with Crippen molar-refractivity contribution >= 4 is 0 Å². The first-order valence-electron chi connectivity index (χ1n) is 4.53. The molecule has 0 aromatic heterocycles. The van der Waals surface area contributed by atoms with Gasteiger partial charge < -0.3 is 10.8 Å². The SMILES string of the molecule is Cc1cccc(C(O)C(C)N)c1C. The highest BCUT2D eigenvalue weighted by atomic mass is 16.3. The maximum atomic E-state index is 9.78. The third-order valence-electron chi connectivity index (χ3n) is 2.46. The lowest BCUT2D eigenvalue weighted by Crippen LogP contribution is -2.25. The minimum absolute atomic E-state index is 0.222. The second-order valence-electron chi connectivity index (χ2n) is 3.59. The first-order chi connectivity index (χ1) is 6.04. The Labute approximate surface area is 79.4 Å². The zero-order chi connectivity index (χ0) is 10.0. The van der Waals surface area contributed by atoms with E-state index in [4.69, 9.17) is 5.73 Å². The first-order valence-corrected chi connectivity index (χ1v) is 4.53. The Morgan fingerprint density at radius 2 is 1.92 bits per heavy atom. The topological polar surface area (TPSA) is 46.2 Å². The second-order valence-corrected chi connectivity index (χ2v) is 3.59. The van der Waals surface area contributed by atoms with Crippen LogP contribution in [0.4, 0.5) is 0 Å². The largest absolute Gasteiger partial charge is 0.387 e. The molecule has 0 radical (unpaired) electrons. The summed E-state index contributed by atoms with van der Waals surface area (Å²) in [5.74, 6) is 0. The monoisotopic (exact) mass is 179 g/mol. The summed E-state index contributed by atoms with van der Waals surface area (Å²) in [5, 5.41) is 9.78. The van der Waals surface area contributed by atoms with Gasteiger partial charge in [0, 0.05) is 6.04 Å². The molecule has 0 aliphatic rings. The van der Waals surface area contributed by atoms with E-state index in [9.17, 15) is 5.11 Å². The van der Waals surface area contributed by atoms with Gasteiger partial charge in [0.2, 0.25) is 0 Å². The Hall–Kier alpha value is -0.860. The lowest BCUT2D eigenvalue weighted by molar-refractivity contribution is 0.152. The molecule has 0 saturated heterocycles. The van der Waals surface area contributed by atoms with Crippen LogP contribution in [0.15, 0.2) is 18.2 Å². The molecule has 1 aromatic carbocycles. The molecule has 2 heteroatoms. The van der Waals surface area contributed by atoms with Crippen LogP contribution < -0.4 is 5.73 Å². The summed E-state index contributed by atoms with van der Waals surface area (Å²) in [6.45, 7) is 5.86. The fourth-order valence-corrected chi connectivity index (χ4v) is 1.38. The van der Waals surface area contributed by atoms with Crippen molar-refractivity contribution in [3.05, 3.63) is 34.9 Å². The van der Waals surface area contributed by atoms with E-state index in [2.05, 4.69) is 0 Å². The number of aliphatic hydroxyl groups is 1. The minimum Gasteiger partial charge on any atom is -0.387 e. The molecule has 2 unspecified atom stereocenters. The van der Waals surface area contributed by atoms with Gasteiger partial charge in [0.25, 0.3) is 0 Å². The van der Waals surface area contributed by atoms with E-state index in [-0.39, 0.29) is 6.04 Å². The lowest BCUT2D eigenvalue weighted by Gasteiger charge is -2.18. The Kier molecular flexibility index (Phi) is 3.07. The Bertz CT molecular complexity index is 294. The van der Waals surface area contributed by atoms with Gasteiger partial charge in [0.15, 0.2) is 0 Å². The van der Waals surface area contributed by atoms with Crippen LogP contribution in [0.3, 0.4) is 0 Å². The number of rotatable bonds is 2. The number of hydrogen-bond donors (Lipinski definition) is 2. The highest BCUT2D eigenvalue weighted by Crippen LogP contribution is 2.21. The fourth-order valence-electron chi connectivity index (χ4n) is 1.38. The van der Waals surface area contributed by atoms with Gasteiger partial charge in [-0.2, -0.15) is 0 Å². The van der Waals surface area contributed by atoms with E-state index in [1.54, 1.807) is 0 Å². The maximum Gasteiger partial charge on any atom is 0.0940 e. The van der Waals surface area contributed by atoms with Gasteiger partial charge in [-0.3, -0.25) is 0 Å². The van der Waals surface area contributed by atoms with Crippen molar-refractivity contribution in [1.82, 2.24) is 0 Å². The molecule has 0 aliphatic heterocycles. The summed E-state index contributed by atoms with van der Waals surface area (Å²) in [4.78, 5) is 0. The molecule has 1 rings (SSSR count). The summed E-state index contributed by atoms with van der Waals surface area (Å²) in [7, 11) is 0. The average molecular weight is 179 g/mol. The second kappa shape index (κ2) is 3.90. The van der Waals surface area contributed by atoms with Crippen LogP contribution >= 0.6 is 0 Å². The standard InChI is InChI=1S/C11H17NO/c1-7-5-4-6-10(8(7)2)11(13)9(3)12/h4-6,9,11,13H,12H2,1-3H3. The zero-order valence-corrected chi connectivity index (χ0v) is 8.41. The van der Waals surface area contributed by atoms with Crippen molar-refractivity contribution in [3.63, 3.8) is 0 Å². The van der Waals surface area contributed by atoms with Gasteiger partial charge in [0.1, 0.15) is 0 Å². The van der Waals surface area contributed by atoms with Crippen LogP contribution in [0.25, 0.3) is 0 Å². The van der Waals surface area contributed by atoms with Gasteiger partial charge in [-0.15, -0.1) is 0 Å². The molecule has 0 bridgehead atoms. The minimum atomic E-state index is -0.556. The van der Waals surface area contributed by atoms with Crippen LogP contribution in [0.5, 0.6) is 0 Å². The number of hydrogen-bond acceptors (Lipinski definition) is 2. The van der Waals surface area contributed by atoms with Gasteiger partial charge in [-0.1, -0.05) is 18.2 Å². The summed E-state index contributed by atoms with van der Waals surface area (Å²) < 4.78 is 0. The maximum absolute atomic E-state index is 9.78. The van der Waals surface area contributed by atoms with E-state index in [0.717, 1.165) is 11.1 Å². The van der Waals surface area contributed by atoms with Crippen molar-refractivity contribution in [2.75, 3.05) is 0 Å². The van der Waals surface area contributed by atoms with Gasteiger partial charge >= 0.3 is 0 Å². The summed E-state index contributed by atoms with van der Waals surface area (Å²) >= 11 is 0. The first kappa shape index (κ1) is 10.2. The summed E-state index contributed by atoms with van der Waals surface area (Å²) in [6, 6.07) is 5.69. The number of aliphatic hydroxyl groups excluding tert-OH is 1. The molecule has 3 N–H and O–H groups in total. The molecule has 13 heavy (non-hydrogen) atoms. The smallest absolute Gasteiger partial charge is 0.0940 e. The highest BCUT2D eigenvalue weighted by Gasteiger charge is 2.14. The summed E-state index contributed by atoms with van der Waals surface area (Å²) in [6.07, 6.45) is -0.556. The highest BCUT2D eigenvalue weighted by molar-refractivity contribution is 5.35. The molecule has 0 amide bonds. The molecule has 0 spiro atoms. The van der Waals surface area contributed by atoms with Crippen LogP contribution in [-0.4, -0.2) is 11.1 Å². The zero-order valence-electron chi connectivity index (χ0n) is 8.41. The predicted octanol–water partition coefficient (Wildman–Crippen LogP) is 1.68. The number of nitrogens with two attached hydrogens (primary N) is 1. The third kappa shape index (κ3) is 2.08. The van der Waals surface area contributed by atoms with Crippen LogP contribution in [0.2, 0.25) is 0 Å². The van der Waals surface area contributed by atoms with Gasteiger partial charge in [0.05, 0.1) is 6.10 Å². The molecular formula is C11H17NO. The van der Waals surface area contributed by atoms with Crippen molar-refractivity contribution in [2.24, 2.45) is 5.73 Å². The van der Waals surface area contributed by atoms with Crippen LogP contribution in [0, 0.1) is 13.8 Å². The number of benzene rings is 1. The molecule has 0 saturated carbocycles. The molecule has 0 heterocycles. The average Bonchev–Trinajstić information content (AvgIpc) is 2.08. The number of aryl methyl sites for hydroxylation is 1. The van der Waals surface area contributed by atoms with E-state index in [1.807, 2.05) is 39.0 Å². The fraction of sp³-hybridized carbons (Fsp3) is 0.455. The molecule has 2 atom stereocenters. The molecule has 0 fully saturated rings. The lowest BCUT2D eigenvalue weighted by atomic mass is 9.96. The van der Waals surface area contributed by atoms with Crippen molar-refractivity contribution in [3.8, 4) is 0 Å². The van der Waals surface area contributed by atoms with E-state index < -0.39 is 6.10 Å². The molecule has 72 valence electrons. The quantitative estimate of drug-likeness (QED) is 0.725. The Morgan fingerprint density at radius 1 is 1.31 bits per heavy atom. The molecule has 2 nitrogen and oxygen atoms in total.